The maximum absolute atomic E-state index is 13.9. The first-order chi connectivity index (χ1) is 12.0. The lowest BCUT2D eigenvalue weighted by molar-refractivity contribution is -0.314. The van der Waals surface area contributed by atoms with Crippen molar-refractivity contribution < 1.29 is 23.1 Å². The summed E-state index contributed by atoms with van der Waals surface area (Å²) >= 11 is 0. The Morgan fingerprint density at radius 1 is 1.27 bits per heavy atom. The van der Waals surface area contributed by atoms with Crippen LogP contribution in [0.5, 0.6) is 0 Å². The number of aromatic nitrogens is 1. The minimum absolute atomic E-state index is 0.00181. The van der Waals surface area contributed by atoms with Crippen molar-refractivity contribution in [3.63, 3.8) is 0 Å². The quantitative estimate of drug-likeness (QED) is 0.822. The highest BCUT2D eigenvalue weighted by molar-refractivity contribution is 5.99. The van der Waals surface area contributed by atoms with Crippen molar-refractivity contribution in [1.29, 1.82) is 0 Å². The fraction of sp³-hybridized carbons (Fsp3) is 0.611. The number of hydrazone groups is 1. The summed E-state index contributed by atoms with van der Waals surface area (Å²) in [5, 5.41) is 14.9. The SMILES string of the molecule is CC(C)(C)[C@@H]1CCC2=NN(C(=O)c3ccncc3)[C@@](O)(C(F)(F)F)[C@@H]2C1. The molecule has 1 N–H and O–H groups in total. The summed E-state index contributed by atoms with van der Waals surface area (Å²) in [5.41, 5.74) is -3.28. The summed E-state index contributed by atoms with van der Waals surface area (Å²) in [6.07, 6.45) is -1.24. The van der Waals surface area contributed by atoms with E-state index in [1.54, 1.807) is 0 Å². The highest BCUT2D eigenvalue weighted by Gasteiger charge is 2.69. The third-order valence-corrected chi connectivity index (χ3v) is 5.47. The predicted molar refractivity (Wildman–Crippen MR) is 89.1 cm³/mol. The van der Waals surface area contributed by atoms with Crippen molar-refractivity contribution in [2.75, 3.05) is 0 Å². The first-order valence-corrected chi connectivity index (χ1v) is 8.57. The molecule has 2 heterocycles. The Bertz CT molecular complexity index is 727. The molecule has 8 heteroatoms. The zero-order valence-corrected chi connectivity index (χ0v) is 14.9. The molecule has 1 amide bonds. The molecule has 5 nitrogen and oxygen atoms in total. The fourth-order valence-electron chi connectivity index (χ4n) is 3.82. The van der Waals surface area contributed by atoms with E-state index >= 15 is 0 Å². The maximum Gasteiger partial charge on any atom is 0.439 e. The molecule has 3 atom stereocenters. The van der Waals surface area contributed by atoms with Crippen molar-refractivity contribution in [2.45, 2.75) is 51.9 Å². The Morgan fingerprint density at radius 2 is 1.88 bits per heavy atom. The number of pyridine rings is 1. The van der Waals surface area contributed by atoms with Gasteiger partial charge in [-0.1, -0.05) is 20.8 Å². The first-order valence-electron chi connectivity index (χ1n) is 8.57. The number of fused-ring (bicyclic) bond motifs is 1. The topological polar surface area (TPSA) is 65.8 Å². The van der Waals surface area contributed by atoms with Crippen molar-refractivity contribution in [2.24, 2.45) is 22.4 Å². The molecule has 1 aliphatic heterocycles. The Labute approximate surface area is 149 Å². The average Bonchev–Trinajstić information content (AvgIpc) is 2.88. The zero-order chi connectivity index (χ0) is 19.3. The number of rotatable bonds is 1. The third-order valence-electron chi connectivity index (χ3n) is 5.47. The minimum atomic E-state index is -5.02. The maximum atomic E-state index is 13.9. The van der Waals surface area contributed by atoms with E-state index in [9.17, 15) is 23.1 Å². The van der Waals surface area contributed by atoms with E-state index in [0.717, 1.165) is 0 Å². The molecule has 1 aliphatic carbocycles. The molecule has 142 valence electrons. The molecule has 1 fully saturated rings. The Kier molecular flexibility index (Phi) is 4.37. The van der Waals surface area contributed by atoms with Gasteiger partial charge in [0.2, 0.25) is 0 Å². The number of carbonyl (C=O) groups is 1. The molecule has 2 aliphatic rings. The fourth-order valence-corrected chi connectivity index (χ4v) is 3.82. The number of hydrogen-bond donors (Lipinski definition) is 1. The van der Waals surface area contributed by atoms with E-state index in [0.29, 0.717) is 12.8 Å². The number of halogens is 3. The van der Waals surface area contributed by atoms with Crippen LogP contribution in [0.3, 0.4) is 0 Å². The molecule has 0 spiro atoms. The van der Waals surface area contributed by atoms with Crippen LogP contribution in [0.15, 0.2) is 29.6 Å². The van der Waals surface area contributed by atoms with Crippen molar-refractivity contribution >= 4 is 11.6 Å². The minimum Gasteiger partial charge on any atom is -0.362 e. The van der Waals surface area contributed by atoms with Gasteiger partial charge in [-0.3, -0.25) is 9.78 Å². The summed E-state index contributed by atoms with van der Waals surface area (Å²) < 4.78 is 41.8. The third kappa shape index (κ3) is 2.90. The van der Waals surface area contributed by atoms with E-state index < -0.39 is 23.7 Å². The van der Waals surface area contributed by atoms with Crippen LogP contribution in [0.4, 0.5) is 13.2 Å². The molecule has 3 rings (SSSR count). The smallest absolute Gasteiger partial charge is 0.362 e. The van der Waals surface area contributed by atoms with Crippen molar-refractivity contribution in [1.82, 2.24) is 9.99 Å². The molecule has 0 aromatic carbocycles. The Hall–Kier alpha value is -1.96. The molecule has 0 bridgehead atoms. The van der Waals surface area contributed by atoms with Gasteiger partial charge in [-0.15, -0.1) is 0 Å². The lowest BCUT2D eigenvalue weighted by Crippen LogP contribution is -2.62. The lowest BCUT2D eigenvalue weighted by atomic mass is 9.66. The van der Waals surface area contributed by atoms with Gasteiger partial charge < -0.3 is 5.11 Å². The molecule has 0 saturated heterocycles. The standard InChI is InChI=1S/C18H22F3N3O2/c1-16(2,3)12-4-5-14-13(10-12)17(26,18(19,20)21)24(23-14)15(25)11-6-8-22-9-7-11/h6-9,12-13,26H,4-5,10H2,1-3H3/t12-,13-,17+/m1/s1. The predicted octanol–water partition coefficient (Wildman–Crippen LogP) is 3.61. The van der Waals surface area contributed by atoms with Crippen LogP contribution in [-0.2, 0) is 0 Å². The molecule has 1 saturated carbocycles. The Morgan fingerprint density at radius 3 is 2.42 bits per heavy atom. The van der Waals surface area contributed by atoms with Gasteiger partial charge in [-0.2, -0.15) is 23.3 Å². The highest BCUT2D eigenvalue weighted by atomic mass is 19.4. The van der Waals surface area contributed by atoms with Gasteiger partial charge >= 0.3 is 6.18 Å². The van der Waals surface area contributed by atoms with Crippen LogP contribution in [0, 0.1) is 17.3 Å². The summed E-state index contributed by atoms with van der Waals surface area (Å²) in [5.74, 6) is -2.23. The van der Waals surface area contributed by atoms with Crippen LogP contribution in [0.2, 0.25) is 0 Å². The second kappa shape index (κ2) is 6.04. The summed E-state index contributed by atoms with van der Waals surface area (Å²) in [6.45, 7) is 5.92. The number of amides is 1. The normalized spacial score (nSPS) is 29.3. The lowest BCUT2D eigenvalue weighted by Gasteiger charge is -2.42. The molecular formula is C18H22F3N3O2. The molecule has 26 heavy (non-hydrogen) atoms. The number of nitrogens with zero attached hydrogens (tertiary/aromatic N) is 3. The van der Waals surface area contributed by atoms with Gasteiger partial charge in [0.15, 0.2) is 0 Å². The van der Waals surface area contributed by atoms with Crippen LogP contribution in [0.25, 0.3) is 0 Å². The largest absolute Gasteiger partial charge is 0.439 e. The van der Waals surface area contributed by atoms with Crippen molar-refractivity contribution in [3.8, 4) is 0 Å². The van der Waals surface area contributed by atoms with Crippen LogP contribution >= 0.6 is 0 Å². The van der Waals surface area contributed by atoms with Gasteiger partial charge in [-0.05, 0) is 42.7 Å². The Balaban J connectivity index is 2.01. The van der Waals surface area contributed by atoms with Gasteiger partial charge in [0.1, 0.15) is 0 Å². The number of alkyl halides is 3. The average molecular weight is 369 g/mol. The molecular weight excluding hydrogens is 347 g/mol. The van der Waals surface area contributed by atoms with E-state index in [1.165, 1.54) is 24.5 Å². The van der Waals surface area contributed by atoms with E-state index in [-0.39, 0.29) is 34.0 Å². The van der Waals surface area contributed by atoms with Crippen LogP contribution in [0.1, 0.15) is 50.4 Å². The summed E-state index contributed by atoms with van der Waals surface area (Å²) in [6, 6.07) is 2.61. The molecule has 0 radical (unpaired) electrons. The number of aliphatic hydroxyl groups is 1. The van der Waals surface area contributed by atoms with Gasteiger partial charge in [0.05, 0.1) is 5.92 Å². The van der Waals surface area contributed by atoms with Gasteiger partial charge in [0, 0.05) is 23.7 Å². The first kappa shape index (κ1) is 18.8. The zero-order valence-electron chi connectivity index (χ0n) is 14.9. The van der Waals surface area contributed by atoms with E-state index in [4.69, 9.17) is 0 Å². The van der Waals surface area contributed by atoms with E-state index in [2.05, 4.69) is 10.1 Å². The van der Waals surface area contributed by atoms with E-state index in [1.807, 2.05) is 20.8 Å². The number of carbonyl (C=O) groups excluding carboxylic acids is 1. The van der Waals surface area contributed by atoms with Crippen LogP contribution in [-0.4, -0.2) is 38.6 Å². The molecule has 0 unspecified atom stereocenters. The summed E-state index contributed by atoms with van der Waals surface area (Å²) in [7, 11) is 0. The van der Waals surface area contributed by atoms with Crippen molar-refractivity contribution in [3.05, 3.63) is 30.1 Å². The second-order valence-corrected chi connectivity index (χ2v) is 8.06. The van der Waals surface area contributed by atoms with Crippen LogP contribution < -0.4 is 0 Å². The number of hydrogen-bond acceptors (Lipinski definition) is 4. The second-order valence-electron chi connectivity index (χ2n) is 8.06. The monoisotopic (exact) mass is 369 g/mol. The molecule has 1 aromatic rings. The highest BCUT2D eigenvalue weighted by Crippen LogP contribution is 2.52. The molecule has 1 aromatic heterocycles. The van der Waals surface area contributed by atoms with Gasteiger partial charge in [-0.25, -0.2) is 0 Å². The van der Waals surface area contributed by atoms with Gasteiger partial charge in [0.25, 0.3) is 11.6 Å². The summed E-state index contributed by atoms with van der Waals surface area (Å²) in [4.78, 5) is 16.4.